The molecule has 0 aromatic carbocycles. The van der Waals surface area contributed by atoms with Crippen LogP contribution in [0.15, 0.2) is 15.9 Å². The molecule has 3 rings (SSSR count). The van der Waals surface area contributed by atoms with E-state index in [4.69, 9.17) is 4.74 Å². The van der Waals surface area contributed by atoms with Gasteiger partial charge in [-0.2, -0.15) is 4.98 Å². The van der Waals surface area contributed by atoms with Gasteiger partial charge in [0.1, 0.15) is 23.8 Å². The fourth-order valence-corrected chi connectivity index (χ4v) is 3.59. The van der Waals surface area contributed by atoms with E-state index in [1.165, 1.54) is 30.2 Å². The van der Waals surface area contributed by atoms with E-state index in [1.807, 2.05) is 0 Å². The summed E-state index contributed by atoms with van der Waals surface area (Å²) < 4.78 is 6.62. The molecule has 0 bridgehead atoms. The number of unbranched alkanes of at least 4 members (excludes halogenated alkanes) is 5. The molecule has 1 aliphatic rings. The number of imidazole rings is 1. The lowest BCUT2D eigenvalue weighted by Gasteiger charge is -2.16. The molecule has 1 aliphatic heterocycles. The highest BCUT2D eigenvalue weighted by molar-refractivity contribution is 5.73. The van der Waals surface area contributed by atoms with E-state index in [1.54, 1.807) is 0 Å². The van der Waals surface area contributed by atoms with Crippen LogP contribution in [0.5, 0.6) is 0 Å². The molecule has 0 amide bonds. The molecule has 0 unspecified atom stereocenters. The number of aromatic amines is 1. The maximum absolute atomic E-state index is 12.8. The van der Waals surface area contributed by atoms with Crippen LogP contribution in [0.1, 0.15) is 51.7 Å². The molecule has 11 nitrogen and oxygen atoms in total. The van der Waals surface area contributed by atoms with Gasteiger partial charge in [0.25, 0.3) is 5.56 Å². The monoisotopic (exact) mass is 423 g/mol. The Morgan fingerprint density at radius 3 is 2.60 bits per heavy atom. The van der Waals surface area contributed by atoms with Gasteiger partial charge in [0.2, 0.25) is 5.95 Å². The zero-order valence-corrected chi connectivity index (χ0v) is 17.0. The number of nitrogens with zero attached hydrogens (tertiary/aromatic N) is 3. The number of aliphatic hydroxyl groups excluding tert-OH is 3. The third-order valence-corrected chi connectivity index (χ3v) is 5.27. The fourth-order valence-electron chi connectivity index (χ4n) is 3.59. The molecule has 2 aromatic rings. The highest BCUT2D eigenvalue weighted by atomic mass is 16.6. The number of fused-ring (bicyclic) bond motifs is 1. The molecule has 0 aliphatic carbocycles. The van der Waals surface area contributed by atoms with Crippen molar-refractivity contribution in [2.45, 2.75) is 70.0 Å². The van der Waals surface area contributed by atoms with Crippen LogP contribution in [0.4, 0.5) is 5.95 Å². The van der Waals surface area contributed by atoms with Gasteiger partial charge in [-0.25, -0.2) is 4.98 Å². The molecule has 5 N–H and O–H groups in total. The fraction of sp³-hybridized carbons (Fsp3) is 0.684. The van der Waals surface area contributed by atoms with Gasteiger partial charge >= 0.3 is 5.56 Å². The minimum Gasteiger partial charge on any atom is -0.394 e. The molecule has 1 fully saturated rings. The average molecular weight is 423 g/mol. The maximum Gasteiger partial charge on any atom is 0.301 e. The zero-order chi connectivity index (χ0) is 21.7. The van der Waals surface area contributed by atoms with Crippen LogP contribution < -0.4 is 16.4 Å². The summed E-state index contributed by atoms with van der Waals surface area (Å²) in [7, 11) is 0. The molecule has 30 heavy (non-hydrogen) atoms. The predicted molar refractivity (Wildman–Crippen MR) is 109 cm³/mol. The van der Waals surface area contributed by atoms with Gasteiger partial charge in [-0.15, -0.1) is 0 Å². The van der Waals surface area contributed by atoms with Gasteiger partial charge in [0.15, 0.2) is 11.7 Å². The molecule has 1 saturated heterocycles. The molecule has 4 atom stereocenters. The Morgan fingerprint density at radius 2 is 1.90 bits per heavy atom. The number of H-pyrrole nitrogens is 1. The van der Waals surface area contributed by atoms with E-state index in [0.29, 0.717) is 6.54 Å². The molecule has 0 saturated carbocycles. The minimum atomic E-state index is -1.40. The highest BCUT2D eigenvalue weighted by Gasteiger charge is 2.44. The zero-order valence-electron chi connectivity index (χ0n) is 17.0. The summed E-state index contributed by atoms with van der Waals surface area (Å²) in [6.45, 7) is 2.21. The molecule has 166 valence electrons. The van der Waals surface area contributed by atoms with Crippen LogP contribution in [0.3, 0.4) is 0 Å². The van der Waals surface area contributed by atoms with Gasteiger partial charge in [-0.1, -0.05) is 39.0 Å². The van der Waals surface area contributed by atoms with Crippen LogP contribution in [-0.2, 0) is 4.74 Å². The van der Waals surface area contributed by atoms with E-state index < -0.39 is 42.3 Å². The topological polar surface area (TPSA) is 163 Å². The van der Waals surface area contributed by atoms with Gasteiger partial charge in [0.05, 0.1) is 12.9 Å². The van der Waals surface area contributed by atoms with Crippen molar-refractivity contribution in [2.75, 3.05) is 18.5 Å². The van der Waals surface area contributed by atoms with Crippen LogP contribution in [0.2, 0.25) is 0 Å². The lowest BCUT2D eigenvalue weighted by atomic mass is 10.1. The first-order valence-corrected chi connectivity index (χ1v) is 10.4. The van der Waals surface area contributed by atoms with Gasteiger partial charge in [-0.3, -0.25) is 19.1 Å². The molecule has 2 aromatic heterocycles. The first kappa shape index (κ1) is 22.3. The SMILES string of the molecule is CCCCCCCCNc1nc(=O)c2ncn([C@@H]3O[C@H](CO)[C@@H](O)[C@H]3O)c2c(=O)[nH]1. The summed E-state index contributed by atoms with van der Waals surface area (Å²) in [5.41, 5.74) is -1.66. The first-order valence-electron chi connectivity index (χ1n) is 10.4. The normalized spacial score (nSPS) is 23.9. The first-order chi connectivity index (χ1) is 14.5. The number of hydrogen-bond acceptors (Lipinski definition) is 9. The smallest absolute Gasteiger partial charge is 0.301 e. The Hall–Kier alpha value is -2.34. The number of nitrogens with one attached hydrogen (secondary N) is 2. The number of ether oxygens (including phenoxy) is 1. The minimum absolute atomic E-state index is 0.0456. The van der Waals surface area contributed by atoms with Gasteiger partial charge in [0, 0.05) is 6.54 Å². The quantitative estimate of drug-likeness (QED) is 0.327. The molecular formula is C19H29N5O6. The number of aromatic nitrogens is 4. The summed E-state index contributed by atoms with van der Waals surface area (Å²) in [4.78, 5) is 35.6. The third kappa shape index (κ3) is 4.69. The van der Waals surface area contributed by atoms with Gasteiger partial charge < -0.3 is 25.4 Å². The van der Waals surface area contributed by atoms with Crippen LogP contribution in [-0.4, -0.2) is 66.3 Å². The summed E-state index contributed by atoms with van der Waals surface area (Å²) in [6.07, 6.45) is 2.89. The van der Waals surface area contributed by atoms with E-state index >= 15 is 0 Å². The molecule has 0 spiro atoms. The van der Waals surface area contributed by atoms with E-state index in [2.05, 4.69) is 27.2 Å². The van der Waals surface area contributed by atoms with Gasteiger partial charge in [-0.05, 0) is 6.42 Å². The summed E-state index contributed by atoms with van der Waals surface area (Å²) in [5.74, 6) is 0.0456. The van der Waals surface area contributed by atoms with E-state index in [9.17, 15) is 24.9 Å². The molecule has 3 heterocycles. The van der Waals surface area contributed by atoms with Crippen molar-refractivity contribution in [2.24, 2.45) is 0 Å². The second kappa shape index (κ2) is 10.1. The van der Waals surface area contributed by atoms with Crippen molar-refractivity contribution in [3.8, 4) is 0 Å². The maximum atomic E-state index is 12.8. The molecular weight excluding hydrogens is 394 g/mol. The average Bonchev–Trinajstić information content (AvgIpc) is 3.25. The van der Waals surface area contributed by atoms with Crippen LogP contribution >= 0.6 is 0 Å². The summed E-state index contributed by atoms with van der Waals surface area (Å²) >= 11 is 0. The van der Waals surface area contributed by atoms with Crippen molar-refractivity contribution in [3.63, 3.8) is 0 Å². The Labute approximate surface area is 172 Å². The second-order valence-corrected chi connectivity index (χ2v) is 7.49. The standard InChI is InChI=1S/C19H29N5O6/c1-2-3-4-5-6-7-8-20-19-22-16(28)12-13(17(29)23-19)24(10-21-12)18-15(27)14(26)11(9-25)30-18/h10-11,14-15,18,25-27H,2-9H2,1H3,(H2,20,22,23,28,29)/t11-,14-,15-,18-/m1/s1. The lowest BCUT2D eigenvalue weighted by molar-refractivity contribution is -0.0509. The predicted octanol–water partition coefficient (Wildman–Crippen LogP) is -0.136. The highest BCUT2D eigenvalue weighted by Crippen LogP contribution is 2.30. The number of anilines is 1. The number of hydrogen-bond donors (Lipinski definition) is 5. The second-order valence-electron chi connectivity index (χ2n) is 7.49. The van der Waals surface area contributed by atoms with Crippen LogP contribution in [0.25, 0.3) is 11.0 Å². The molecule has 11 heteroatoms. The summed E-state index contributed by atoms with van der Waals surface area (Å²) in [5, 5.41) is 32.4. The van der Waals surface area contributed by atoms with E-state index in [-0.39, 0.29) is 17.0 Å². The van der Waals surface area contributed by atoms with Crippen molar-refractivity contribution >= 4 is 17.0 Å². The Morgan fingerprint density at radius 1 is 1.17 bits per heavy atom. The van der Waals surface area contributed by atoms with Crippen LogP contribution in [0, 0.1) is 0 Å². The third-order valence-electron chi connectivity index (χ3n) is 5.27. The molecule has 0 radical (unpaired) electrons. The van der Waals surface area contributed by atoms with Crippen molar-refractivity contribution in [1.82, 2.24) is 19.5 Å². The Balaban J connectivity index is 1.80. The van der Waals surface area contributed by atoms with Crippen molar-refractivity contribution in [3.05, 3.63) is 27.0 Å². The lowest BCUT2D eigenvalue weighted by Crippen LogP contribution is -2.33. The van der Waals surface area contributed by atoms with Crippen molar-refractivity contribution in [1.29, 1.82) is 0 Å². The number of aliphatic hydroxyl groups is 3. The Kier molecular flexibility index (Phi) is 7.53. The largest absolute Gasteiger partial charge is 0.394 e. The number of rotatable bonds is 10. The Bertz CT molecular complexity index is 961. The van der Waals surface area contributed by atoms with E-state index in [0.717, 1.165) is 19.3 Å². The van der Waals surface area contributed by atoms with Crippen molar-refractivity contribution < 1.29 is 20.1 Å². The summed E-state index contributed by atoms with van der Waals surface area (Å²) in [6, 6.07) is 0.